The number of carbonyl (C=O) groups excluding carboxylic acids is 3. The van der Waals surface area contributed by atoms with Gasteiger partial charge in [0.15, 0.2) is 5.96 Å². The minimum absolute atomic E-state index is 0.0478. The fourth-order valence-electron chi connectivity index (χ4n) is 5.99. The van der Waals surface area contributed by atoms with Crippen LogP contribution in [-0.2, 0) is 27.2 Å². The van der Waals surface area contributed by atoms with E-state index >= 15 is 0 Å². The van der Waals surface area contributed by atoms with Crippen molar-refractivity contribution in [3.05, 3.63) is 131 Å². The van der Waals surface area contributed by atoms with Crippen LogP contribution in [0.2, 0.25) is 0 Å². The number of fused-ring (bicyclic) bond motifs is 2. The largest absolute Gasteiger partial charge is 0.384 e. The molecule has 0 aliphatic heterocycles. The second-order valence-corrected chi connectivity index (χ2v) is 12.3. The highest BCUT2D eigenvalue weighted by Gasteiger charge is 2.30. The highest BCUT2D eigenvalue weighted by atomic mass is 16.2. The number of hydrogen-bond acceptors (Lipinski definition) is 5. The van der Waals surface area contributed by atoms with Crippen LogP contribution in [0, 0.1) is 5.41 Å². The van der Waals surface area contributed by atoms with Crippen LogP contribution in [-0.4, -0.2) is 48.1 Å². The SMILES string of the molecule is N=C(N)c1ccc(CC(C(=O)N[C@@H](Cc2ccc3ccccc3c2)C(=O)N[C@@H](CCCN=C(N)N)C(N)=O)c2ccc3ccccc3c2)cc1. The molecular formula is C39H42N8O3. The first-order chi connectivity index (χ1) is 24.1. The maximum atomic E-state index is 14.4. The molecule has 256 valence electrons. The fourth-order valence-corrected chi connectivity index (χ4v) is 5.99. The van der Waals surface area contributed by atoms with E-state index in [0.29, 0.717) is 18.4 Å². The van der Waals surface area contributed by atoms with Gasteiger partial charge in [-0.3, -0.25) is 24.8 Å². The number of aliphatic imine (C=N–C) groups is 1. The summed E-state index contributed by atoms with van der Waals surface area (Å²) >= 11 is 0. The first-order valence-electron chi connectivity index (χ1n) is 16.4. The Morgan fingerprint density at radius 3 is 1.84 bits per heavy atom. The lowest BCUT2D eigenvalue weighted by molar-refractivity contribution is -0.131. The standard InChI is InChI=1S/C39H42N8O3/c40-35(41)28-15-11-24(12-16-28)21-32(31-18-17-27-7-2-4-9-30(27)23-31)37(49)47-34(22-25-13-14-26-6-1-3-8-29(26)20-25)38(50)46-33(36(42)48)10-5-19-45-39(43)44/h1-4,6-9,11-18,20,23,32-34H,5,10,19,21-22H2,(H3,40,41)(H2,42,48)(H,46,50)(H,47,49)(H4,43,44,45)/t32?,33-,34-/m0/s1. The van der Waals surface area contributed by atoms with Gasteiger partial charge in [-0.1, -0.05) is 109 Å². The van der Waals surface area contributed by atoms with Gasteiger partial charge in [0.05, 0.1) is 5.92 Å². The normalized spacial score (nSPS) is 12.8. The zero-order valence-corrected chi connectivity index (χ0v) is 27.6. The van der Waals surface area contributed by atoms with Crippen LogP contribution in [0.1, 0.15) is 41.0 Å². The first kappa shape index (κ1) is 35.1. The minimum atomic E-state index is -1.04. The molecule has 0 aliphatic carbocycles. The molecule has 11 N–H and O–H groups in total. The van der Waals surface area contributed by atoms with Gasteiger partial charge < -0.3 is 33.6 Å². The summed E-state index contributed by atoms with van der Waals surface area (Å²) in [5, 5.41) is 17.6. The fraction of sp³-hybridized carbons (Fsp3) is 0.205. The summed E-state index contributed by atoms with van der Waals surface area (Å²) < 4.78 is 0. The molecule has 0 bridgehead atoms. The second kappa shape index (κ2) is 16.2. The highest BCUT2D eigenvalue weighted by Crippen LogP contribution is 2.26. The van der Waals surface area contributed by atoms with Crippen molar-refractivity contribution in [3.8, 4) is 0 Å². The lowest BCUT2D eigenvalue weighted by Crippen LogP contribution is -2.54. The number of nitrogens with zero attached hydrogens (tertiary/aromatic N) is 1. The molecule has 5 aromatic rings. The summed E-state index contributed by atoms with van der Waals surface area (Å²) in [6, 6.07) is 32.7. The van der Waals surface area contributed by atoms with Crippen LogP contribution in [0.15, 0.2) is 114 Å². The molecule has 0 radical (unpaired) electrons. The average Bonchev–Trinajstić information content (AvgIpc) is 3.11. The van der Waals surface area contributed by atoms with Gasteiger partial charge in [-0.25, -0.2) is 0 Å². The highest BCUT2D eigenvalue weighted by molar-refractivity contribution is 5.96. The quantitative estimate of drug-likeness (QED) is 0.0503. The Kier molecular flexibility index (Phi) is 11.4. The summed E-state index contributed by atoms with van der Waals surface area (Å²) in [4.78, 5) is 44.7. The Morgan fingerprint density at radius 1 is 0.640 bits per heavy atom. The third-order valence-corrected chi connectivity index (χ3v) is 8.69. The number of amidine groups is 1. The Labute approximate surface area is 290 Å². The molecule has 0 spiro atoms. The topological polar surface area (TPSA) is 216 Å². The van der Waals surface area contributed by atoms with Crippen molar-refractivity contribution in [1.82, 2.24) is 10.6 Å². The molecule has 0 fully saturated rings. The number of nitrogen functional groups attached to an aromatic ring is 1. The Bertz CT molecular complexity index is 2040. The Morgan fingerprint density at radius 2 is 1.22 bits per heavy atom. The van der Waals surface area contributed by atoms with Crippen molar-refractivity contribution in [2.45, 2.75) is 43.7 Å². The number of benzene rings is 5. The van der Waals surface area contributed by atoms with Gasteiger partial charge in [-0.2, -0.15) is 0 Å². The molecule has 1 unspecified atom stereocenters. The van der Waals surface area contributed by atoms with Crippen LogP contribution in [0.4, 0.5) is 0 Å². The second-order valence-electron chi connectivity index (χ2n) is 12.3. The smallest absolute Gasteiger partial charge is 0.243 e. The predicted molar refractivity (Wildman–Crippen MR) is 198 cm³/mol. The van der Waals surface area contributed by atoms with E-state index in [1.165, 1.54) is 0 Å². The molecular weight excluding hydrogens is 628 g/mol. The van der Waals surface area contributed by atoms with E-state index < -0.39 is 29.8 Å². The number of carbonyl (C=O) groups is 3. The molecule has 0 heterocycles. The van der Waals surface area contributed by atoms with Gasteiger partial charge in [0.1, 0.15) is 17.9 Å². The number of nitrogens with two attached hydrogens (primary N) is 4. The third kappa shape index (κ3) is 9.22. The number of primary amides is 1. The summed E-state index contributed by atoms with van der Waals surface area (Å²) in [6.45, 7) is 0.264. The maximum absolute atomic E-state index is 14.4. The number of amides is 3. The van der Waals surface area contributed by atoms with E-state index in [9.17, 15) is 14.4 Å². The van der Waals surface area contributed by atoms with E-state index in [2.05, 4.69) is 15.6 Å². The summed E-state index contributed by atoms with van der Waals surface area (Å²) in [5.74, 6) is -2.41. The van der Waals surface area contributed by atoms with Crippen molar-refractivity contribution in [3.63, 3.8) is 0 Å². The molecule has 11 heteroatoms. The van der Waals surface area contributed by atoms with E-state index in [0.717, 1.165) is 38.2 Å². The summed E-state index contributed by atoms with van der Waals surface area (Å²) in [6.07, 6.45) is 1.10. The van der Waals surface area contributed by atoms with E-state index in [-0.39, 0.29) is 37.1 Å². The first-order valence-corrected chi connectivity index (χ1v) is 16.4. The summed E-state index contributed by atoms with van der Waals surface area (Å²) in [7, 11) is 0. The van der Waals surface area contributed by atoms with Crippen molar-refractivity contribution in [2.24, 2.45) is 27.9 Å². The van der Waals surface area contributed by atoms with Gasteiger partial charge in [-0.15, -0.1) is 0 Å². The monoisotopic (exact) mass is 670 g/mol. The number of rotatable bonds is 15. The van der Waals surface area contributed by atoms with Crippen LogP contribution in [0.5, 0.6) is 0 Å². The molecule has 3 amide bonds. The molecule has 0 aliphatic rings. The molecule has 0 saturated carbocycles. The van der Waals surface area contributed by atoms with Gasteiger partial charge >= 0.3 is 0 Å². The van der Waals surface area contributed by atoms with Crippen molar-refractivity contribution < 1.29 is 14.4 Å². The van der Waals surface area contributed by atoms with E-state index in [1.54, 1.807) is 12.1 Å². The molecule has 5 aromatic carbocycles. The third-order valence-electron chi connectivity index (χ3n) is 8.69. The summed E-state index contributed by atoms with van der Waals surface area (Å²) in [5.41, 5.74) is 25.2. The van der Waals surface area contributed by atoms with Gasteiger partial charge in [0.25, 0.3) is 0 Å². The molecule has 5 rings (SSSR count). The van der Waals surface area contributed by atoms with Crippen LogP contribution in [0.3, 0.4) is 0 Å². The zero-order chi connectivity index (χ0) is 35.6. The van der Waals surface area contributed by atoms with Crippen molar-refractivity contribution >= 4 is 51.1 Å². The lowest BCUT2D eigenvalue weighted by Gasteiger charge is -2.25. The van der Waals surface area contributed by atoms with E-state index in [1.807, 2.05) is 97.1 Å². The van der Waals surface area contributed by atoms with Gasteiger partial charge in [0.2, 0.25) is 17.7 Å². The lowest BCUT2D eigenvalue weighted by atomic mass is 9.89. The molecule has 50 heavy (non-hydrogen) atoms. The van der Waals surface area contributed by atoms with Crippen LogP contribution >= 0.6 is 0 Å². The van der Waals surface area contributed by atoms with Gasteiger partial charge in [0, 0.05) is 18.5 Å². The van der Waals surface area contributed by atoms with Gasteiger partial charge in [-0.05, 0) is 57.5 Å². The van der Waals surface area contributed by atoms with Crippen LogP contribution in [0.25, 0.3) is 21.5 Å². The predicted octanol–water partition coefficient (Wildman–Crippen LogP) is 3.35. The zero-order valence-electron chi connectivity index (χ0n) is 27.6. The Hall–Kier alpha value is -6.23. The number of hydrogen-bond donors (Lipinski definition) is 7. The average molecular weight is 671 g/mol. The molecule has 3 atom stereocenters. The Balaban J connectivity index is 1.46. The van der Waals surface area contributed by atoms with Crippen molar-refractivity contribution in [2.75, 3.05) is 6.54 Å². The van der Waals surface area contributed by atoms with Crippen molar-refractivity contribution in [1.29, 1.82) is 5.41 Å². The number of guanidine groups is 1. The van der Waals surface area contributed by atoms with E-state index in [4.69, 9.17) is 28.3 Å². The molecule has 11 nitrogen and oxygen atoms in total. The van der Waals surface area contributed by atoms with Crippen LogP contribution < -0.4 is 33.6 Å². The molecule has 0 saturated heterocycles. The maximum Gasteiger partial charge on any atom is 0.243 e. The number of nitrogens with one attached hydrogen (secondary N) is 3. The molecule has 0 aromatic heterocycles. The minimum Gasteiger partial charge on any atom is -0.384 e.